The lowest BCUT2D eigenvalue weighted by atomic mass is 10.1. The maximum Gasteiger partial charge on any atom is 0.337 e. The fraction of sp³-hybridized carbons (Fsp3) is 0. The average molecular weight is 340 g/mol. The van der Waals surface area contributed by atoms with Crippen molar-refractivity contribution in [1.29, 1.82) is 0 Å². The Morgan fingerprint density at radius 1 is 0.917 bits per heavy atom. The summed E-state index contributed by atoms with van der Waals surface area (Å²) in [6.07, 6.45) is 0. The Morgan fingerprint density at radius 2 is 1.62 bits per heavy atom. The summed E-state index contributed by atoms with van der Waals surface area (Å²) >= 11 is 5.87. The van der Waals surface area contributed by atoms with Gasteiger partial charge < -0.3 is 15.2 Å². The molecule has 3 aromatic rings. The SMILES string of the molecule is O=C(O)c1ccc(Oc2ccccc2)cc1Nc1ccc(Cl)cc1. The van der Waals surface area contributed by atoms with Crippen molar-refractivity contribution in [2.45, 2.75) is 0 Å². The maximum atomic E-state index is 11.4. The Labute approximate surface area is 144 Å². The van der Waals surface area contributed by atoms with E-state index >= 15 is 0 Å². The first-order chi connectivity index (χ1) is 11.6. The van der Waals surface area contributed by atoms with Crippen molar-refractivity contribution in [3.8, 4) is 11.5 Å². The average Bonchev–Trinajstić information content (AvgIpc) is 2.58. The molecule has 5 heteroatoms. The fourth-order valence-electron chi connectivity index (χ4n) is 2.19. The molecule has 0 heterocycles. The van der Waals surface area contributed by atoms with Gasteiger partial charge in [0.25, 0.3) is 0 Å². The Bertz CT molecular complexity index is 848. The number of benzene rings is 3. The first-order valence-electron chi connectivity index (χ1n) is 7.25. The van der Waals surface area contributed by atoms with Gasteiger partial charge in [-0.2, -0.15) is 0 Å². The predicted octanol–water partition coefficient (Wildman–Crippen LogP) is 5.57. The third kappa shape index (κ3) is 3.86. The van der Waals surface area contributed by atoms with Crippen LogP contribution in [0.4, 0.5) is 11.4 Å². The van der Waals surface area contributed by atoms with Gasteiger partial charge >= 0.3 is 5.97 Å². The van der Waals surface area contributed by atoms with Gasteiger partial charge in [-0.1, -0.05) is 29.8 Å². The molecule has 2 N–H and O–H groups in total. The molecule has 0 bridgehead atoms. The van der Waals surface area contributed by atoms with E-state index in [4.69, 9.17) is 16.3 Å². The minimum absolute atomic E-state index is 0.158. The highest BCUT2D eigenvalue weighted by molar-refractivity contribution is 6.30. The number of nitrogens with one attached hydrogen (secondary N) is 1. The Balaban J connectivity index is 1.91. The molecule has 0 radical (unpaired) electrons. The summed E-state index contributed by atoms with van der Waals surface area (Å²) in [5.41, 5.74) is 1.34. The van der Waals surface area contributed by atoms with Gasteiger partial charge in [0.05, 0.1) is 11.3 Å². The number of anilines is 2. The number of carboxylic acids is 1. The van der Waals surface area contributed by atoms with Gasteiger partial charge in [-0.15, -0.1) is 0 Å². The van der Waals surface area contributed by atoms with Gasteiger partial charge in [0.1, 0.15) is 11.5 Å². The number of carbonyl (C=O) groups is 1. The van der Waals surface area contributed by atoms with Crippen LogP contribution in [0.5, 0.6) is 11.5 Å². The third-order valence-corrected chi connectivity index (χ3v) is 3.58. The monoisotopic (exact) mass is 339 g/mol. The number of aromatic carboxylic acids is 1. The van der Waals surface area contributed by atoms with E-state index in [2.05, 4.69) is 5.32 Å². The summed E-state index contributed by atoms with van der Waals surface area (Å²) in [5.74, 6) is 0.207. The van der Waals surface area contributed by atoms with E-state index in [1.807, 2.05) is 30.3 Å². The normalized spacial score (nSPS) is 10.2. The van der Waals surface area contributed by atoms with E-state index in [0.29, 0.717) is 22.2 Å². The quantitative estimate of drug-likeness (QED) is 0.637. The Kier molecular flexibility index (Phi) is 4.68. The predicted molar refractivity (Wildman–Crippen MR) is 94.7 cm³/mol. The molecule has 0 unspecified atom stereocenters. The van der Waals surface area contributed by atoms with Crippen molar-refractivity contribution in [2.75, 3.05) is 5.32 Å². The van der Waals surface area contributed by atoms with Gasteiger partial charge in [0.2, 0.25) is 0 Å². The van der Waals surface area contributed by atoms with E-state index in [1.54, 1.807) is 36.4 Å². The molecule has 0 aromatic heterocycles. The number of hydrogen-bond acceptors (Lipinski definition) is 3. The van der Waals surface area contributed by atoms with Crippen molar-refractivity contribution in [3.63, 3.8) is 0 Å². The molecule has 0 atom stereocenters. The third-order valence-electron chi connectivity index (χ3n) is 3.32. The molecule has 3 rings (SSSR count). The zero-order valence-electron chi connectivity index (χ0n) is 12.6. The molecule has 0 aliphatic heterocycles. The largest absolute Gasteiger partial charge is 0.478 e. The zero-order chi connectivity index (χ0) is 16.9. The van der Waals surface area contributed by atoms with Crippen molar-refractivity contribution >= 4 is 28.9 Å². The number of rotatable bonds is 5. The van der Waals surface area contributed by atoms with Crippen LogP contribution in [0.15, 0.2) is 72.8 Å². The van der Waals surface area contributed by atoms with Crippen LogP contribution >= 0.6 is 11.6 Å². The van der Waals surface area contributed by atoms with Crippen molar-refractivity contribution in [1.82, 2.24) is 0 Å². The van der Waals surface area contributed by atoms with Crippen molar-refractivity contribution in [2.24, 2.45) is 0 Å². The summed E-state index contributed by atoms with van der Waals surface area (Å²) in [7, 11) is 0. The second-order valence-electron chi connectivity index (χ2n) is 5.06. The maximum absolute atomic E-state index is 11.4. The van der Waals surface area contributed by atoms with E-state index < -0.39 is 5.97 Å². The van der Waals surface area contributed by atoms with Crippen molar-refractivity contribution in [3.05, 3.63) is 83.4 Å². The van der Waals surface area contributed by atoms with Crippen molar-refractivity contribution < 1.29 is 14.6 Å². The molecule has 0 saturated carbocycles. The second kappa shape index (κ2) is 7.06. The summed E-state index contributed by atoms with van der Waals surface area (Å²) in [4.78, 5) is 11.4. The number of para-hydroxylation sites is 1. The van der Waals surface area contributed by atoms with Gasteiger partial charge in [-0.25, -0.2) is 4.79 Å². The lowest BCUT2D eigenvalue weighted by molar-refractivity contribution is 0.0698. The fourth-order valence-corrected chi connectivity index (χ4v) is 2.32. The minimum atomic E-state index is -1.02. The molecular weight excluding hydrogens is 326 g/mol. The number of hydrogen-bond donors (Lipinski definition) is 2. The van der Waals surface area contributed by atoms with E-state index in [1.165, 1.54) is 6.07 Å². The van der Waals surface area contributed by atoms with Crippen LogP contribution in [-0.2, 0) is 0 Å². The minimum Gasteiger partial charge on any atom is -0.478 e. The Morgan fingerprint density at radius 3 is 2.29 bits per heavy atom. The van der Waals surface area contributed by atoms with E-state index in [9.17, 15) is 9.90 Å². The molecule has 3 aromatic carbocycles. The zero-order valence-corrected chi connectivity index (χ0v) is 13.3. The lowest BCUT2D eigenvalue weighted by Gasteiger charge is -2.12. The Hall–Kier alpha value is -2.98. The standard InChI is InChI=1S/C19H14ClNO3/c20-13-6-8-14(9-7-13)21-18-12-16(10-11-17(18)19(22)23)24-15-4-2-1-3-5-15/h1-12,21H,(H,22,23). The first kappa shape index (κ1) is 15.9. The molecule has 0 fully saturated rings. The highest BCUT2D eigenvalue weighted by Crippen LogP contribution is 2.29. The second-order valence-corrected chi connectivity index (χ2v) is 5.50. The van der Waals surface area contributed by atoms with Crippen LogP contribution < -0.4 is 10.1 Å². The molecular formula is C19H14ClNO3. The van der Waals surface area contributed by atoms with Gasteiger partial charge in [-0.3, -0.25) is 0 Å². The summed E-state index contributed by atoms with van der Waals surface area (Å²) in [6, 6.07) is 21.1. The van der Waals surface area contributed by atoms with E-state index in [0.717, 1.165) is 5.69 Å². The molecule has 0 aliphatic carbocycles. The number of carboxylic acid groups (broad SMARTS) is 1. The summed E-state index contributed by atoms with van der Waals surface area (Å²) in [6.45, 7) is 0. The smallest absolute Gasteiger partial charge is 0.337 e. The summed E-state index contributed by atoms with van der Waals surface area (Å²) in [5, 5.41) is 13.1. The van der Waals surface area contributed by atoms with Crippen LogP contribution in [0.25, 0.3) is 0 Å². The van der Waals surface area contributed by atoms with Gasteiger partial charge in [0.15, 0.2) is 0 Å². The highest BCUT2D eigenvalue weighted by atomic mass is 35.5. The molecule has 0 saturated heterocycles. The molecule has 120 valence electrons. The summed E-state index contributed by atoms with van der Waals surface area (Å²) < 4.78 is 5.76. The van der Waals surface area contributed by atoms with Crippen LogP contribution in [0.3, 0.4) is 0 Å². The number of halogens is 1. The molecule has 0 amide bonds. The molecule has 0 aliphatic rings. The lowest BCUT2D eigenvalue weighted by Crippen LogP contribution is -2.03. The van der Waals surface area contributed by atoms with Crippen LogP contribution in [0.1, 0.15) is 10.4 Å². The number of ether oxygens (including phenoxy) is 1. The van der Waals surface area contributed by atoms with Gasteiger partial charge in [0, 0.05) is 16.8 Å². The highest BCUT2D eigenvalue weighted by Gasteiger charge is 2.12. The van der Waals surface area contributed by atoms with Crippen LogP contribution in [0, 0.1) is 0 Å². The molecule has 24 heavy (non-hydrogen) atoms. The molecule has 0 spiro atoms. The van der Waals surface area contributed by atoms with Gasteiger partial charge in [-0.05, 0) is 48.5 Å². The van der Waals surface area contributed by atoms with Crippen LogP contribution in [-0.4, -0.2) is 11.1 Å². The van der Waals surface area contributed by atoms with Crippen LogP contribution in [0.2, 0.25) is 5.02 Å². The van der Waals surface area contributed by atoms with E-state index in [-0.39, 0.29) is 5.56 Å². The first-order valence-corrected chi connectivity index (χ1v) is 7.62. The topological polar surface area (TPSA) is 58.6 Å². The molecule has 4 nitrogen and oxygen atoms in total.